The van der Waals surface area contributed by atoms with E-state index in [9.17, 15) is 4.79 Å². The van der Waals surface area contributed by atoms with Gasteiger partial charge in [-0.3, -0.25) is 4.79 Å². The summed E-state index contributed by atoms with van der Waals surface area (Å²) >= 11 is 3.24. The summed E-state index contributed by atoms with van der Waals surface area (Å²) in [6.45, 7) is 0.513. The lowest BCUT2D eigenvalue weighted by molar-refractivity contribution is -0.117. The van der Waals surface area contributed by atoms with E-state index in [2.05, 4.69) is 26.2 Å². The number of nitrogens with two attached hydrogens (primary N) is 1. The lowest BCUT2D eigenvalue weighted by Crippen LogP contribution is -2.16. The lowest BCUT2D eigenvalue weighted by atomic mass is 10.4. The molecule has 1 aromatic rings. The molecule has 0 unspecified atom stereocenters. The maximum atomic E-state index is 10.4. The summed E-state index contributed by atoms with van der Waals surface area (Å²) in [4.78, 5) is 14.5. The molecule has 0 saturated heterocycles. The molecule has 0 aliphatic carbocycles. The Labute approximate surface area is 84.7 Å². The Kier molecular flexibility index (Phi) is 3.70. The molecule has 0 spiro atoms. The number of hydrogen-bond acceptors (Lipinski definition) is 3. The number of anilines is 1. The fourth-order valence-electron chi connectivity index (χ4n) is 0.820. The first kappa shape index (κ1) is 9.98. The minimum absolute atomic E-state index is 0.314. The molecule has 13 heavy (non-hydrogen) atoms. The van der Waals surface area contributed by atoms with Crippen molar-refractivity contribution >= 4 is 27.7 Å². The van der Waals surface area contributed by atoms with E-state index in [1.165, 1.54) is 0 Å². The largest absolute Gasteiger partial charge is 0.370 e. The van der Waals surface area contributed by atoms with E-state index >= 15 is 0 Å². The van der Waals surface area contributed by atoms with Crippen molar-refractivity contribution in [2.75, 3.05) is 11.9 Å². The molecule has 4 nitrogen and oxygen atoms in total. The molecule has 3 N–H and O–H groups in total. The molecule has 0 bridgehead atoms. The van der Waals surface area contributed by atoms with E-state index in [1.54, 1.807) is 0 Å². The number of amides is 1. The number of nitrogens with zero attached hydrogens (tertiary/aromatic N) is 1. The minimum atomic E-state index is -0.317. The fourth-order valence-corrected chi connectivity index (χ4v) is 1.16. The van der Waals surface area contributed by atoms with Gasteiger partial charge in [-0.15, -0.1) is 0 Å². The number of pyridine rings is 1. The van der Waals surface area contributed by atoms with Crippen LogP contribution >= 0.6 is 15.9 Å². The van der Waals surface area contributed by atoms with Crippen LogP contribution in [-0.2, 0) is 4.79 Å². The van der Waals surface area contributed by atoms with Gasteiger partial charge in [0, 0.05) is 13.0 Å². The van der Waals surface area contributed by atoms with Crippen LogP contribution in [0.25, 0.3) is 0 Å². The van der Waals surface area contributed by atoms with Gasteiger partial charge in [-0.05, 0) is 28.1 Å². The van der Waals surface area contributed by atoms with Gasteiger partial charge in [-0.2, -0.15) is 0 Å². The molecule has 1 heterocycles. The maximum absolute atomic E-state index is 10.4. The Morgan fingerprint density at radius 1 is 1.62 bits per heavy atom. The van der Waals surface area contributed by atoms with Gasteiger partial charge in [-0.1, -0.05) is 6.07 Å². The van der Waals surface area contributed by atoms with Crippen molar-refractivity contribution in [2.45, 2.75) is 6.42 Å². The van der Waals surface area contributed by atoms with E-state index in [0.717, 1.165) is 10.4 Å². The second-order valence-corrected chi connectivity index (χ2v) is 3.30. The lowest BCUT2D eigenvalue weighted by Gasteiger charge is -2.03. The van der Waals surface area contributed by atoms with Crippen LogP contribution in [0.4, 0.5) is 5.82 Å². The molecule has 1 amide bonds. The van der Waals surface area contributed by atoms with E-state index < -0.39 is 0 Å². The summed E-state index contributed by atoms with van der Waals surface area (Å²) < 4.78 is 0.761. The van der Waals surface area contributed by atoms with Gasteiger partial charge in [0.1, 0.15) is 10.4 Å². The number of nitrogens with one attached hydrogen (secondary N) is 1. The number of carbonyl (C=O) groups is 1. The second-order valence-electron chi connectivity index (χ2n) is 2.49. The number of halogens is 1. The fraction of sp³-hybridized carbons (Fsp3) is 0.250. The van der Waals surface area contributed by atoms with Crippen LogP contribution < -0.4 is 11.1 Å². The third-order valence-electron chi connectivity index (χ3n) is 1.39. The zero-order valence-electron chi connectivity index (χ0n) is 6.96. The predicted octanol–water partition coefficient (Wildman–Crippen LogP) is 1.13. The van der Waals surface area contributed by atoms with Crippen LogP contribution in [0.15, 0.2) is 22.8 Å². The minimum Gasteiger partial charge on any atom is -0.370 e. The van der Waals surface area contributed by atoms with Crippen molar-refractivity contribution in [3.05, 3.63) is 22.8 Å². The zero-order chi connectivity index (χ0) is 9.68. The molecular weight excluding hydrogens is 234 g/mol. The summed E-state index contributed by atoms with van der Waals surface area (Å²) in [5.74, 6) is 0.415. The van der Waals surface area contributed by atoms with E-state index in [1.807, 2.05) is 18.2 Å². The summed E-state index contributed by atoms with van der Waals surface area (Å²) in [6, 6.07) is 5.52. The zero-order valence-corrected chi connectivity index (χ0v) is 8.54. The number of carbonyl (C=O) groups excluding carboxylic acids is 1. The van der Waals surface area contributed by atoms with Crippen molar-refractivity contribution in [3.8, 4) is 0 Å². The quantitative estimate of drug-likeness (QED) is 0.780. The first-order valence-electron chi connectivity index (χ1n) is 3.83. The molecule has 5 heteroatoms. The van der Waals surface area contributed by atoms with E-state index in [-0.39, 0.29) is 5.91 Å². The molecule has 0 saturated carbocycles. The predicted molar refractivity (Wildman–Crippen MR) is 54.2 cm³/mol. The van der Waals surface area contributed by atoms with Crippen LogP contribution in [0, 0.1) is 0 Å². The van der Waals surface area contributed by atoms with Crippen molar-refractivity contribution in [3.63, 3.8) is 0 Å². The molecule has 0 radical (unpaired) electrons. The van der Waals surface area contributed by atoms with Crippen molar-refractivity contribution in [2.24, 2.45) is 5.73 Å². The molecular formula is C8H10BrN3O. The summed E-state index contributed by atoms with van der Waals surface area (Å²) in [5, 5.41) is 2.97. The average molecular weight is 244 g/mol. The summed E-state index contributed by atoms with van der Waals surface area (Å²) in [5.41, 5.74) is 4.98. The number of aromatic nitrogens is 1. The van der Waals surface area contributed by atoms with Crippen LogP contribution in [0.3, 0.4) is 0 Å². The molecule has 0 aliphatic rings. The van der Waals surface area contributed by atoms with Crippen molar-refractivity contribution in [1.29, 1.82) is 0 Å². The first-order chi connectivity index (χ1) is 6.18. The van der Waals surface area contributed by atoms with Crippen LogP contribution in [0.1, 0.15) is 6.42 Å². The topological polar surface area (TPSA) is 68.0 Å². The van der Waals surface area contributed by atoms with Gasteiger partial charge in [0.05, 0.1) is 0 Å². The molecule has 1 rings (SSSR count). The number of rotatable bonds is 4. The Hall–Kier alpha value is -1.10. The Balaban J connectivity index is 2.41. The van der Waals surface area contributed by atoms with Crippen LogP contribution in [0.5, 0.6) is 0 Å². The highest BCUT2D eigenvalue weighted by Crippen LogP contribution is 2.09. The number of primary amides is 1. The molecule has 0 aliphatic heterocycles. The van der Waals surface area contributed by atoms with Gasteiger partial charge in [0.15, 0.2) is 0 Å². The SMILES string of the molecule is NC(=O)CCNc1cccc(Br)n1. The highest BCUT2D eigenvalue weighted by molar-refractivity contribution is 9.10. The van der Waals surface area contributed by atoms with E-state index in [4.69, 9.17) is 5.73 Å². The Morgan fingerprint density at radius 3 is 3.00 bits per heavy atom. The highest BCUT2D eigenvalue weighted by atomic mass is 79.9. The van der Waals surface area contributed by atoms with Crippen molar-refractivity contribution in [1.82, 2.24) is 4.98 Å². The standard InChI is InChI=1S/C8H10BrN3O/c9-6-2-1-3-8(12-6)11-5-4-7(10)13/h1-3H,4-5H2,(H2,10,13)(H,11,12). The van der Waals surface area contributed by atoms with Crippen LogP contribution in [-0.4, -0.2) is 17.4 Å². The maximum Gasteiger partial charge on any atom is 0.219 e. The normalized spacial score (nSPS) is 9.62. The number of hydrogen-bond donors (Lipinski definition) is 2. The van der Waals surface area contributed by atoms with Crippen molar-refractivity contribution < 1.29 is 4.79 Å². The highest BCUT2D eigenvalue weighted by Gasteiger charge is 1.96. The molecule has 0 aromatic carbocycles. The average Bonchev–Trinajstić information content (AvgIpc) is 2.03. The summed E-state index contributed by atoms with van der Waals surface area (Å²) in [7, 11) is 0. The third kappa shape index (κ3) is 3.89. The molecule has 70 valence electrons. The third-order valence-corrected chi connectivity index (χ3v) is 1.83. The smallest absolute Gasteiger partial charge is 0.219 e. The summed E-state index contributed by atoms with van der Waals surface area (Å²) in [6.07, 6.45) is 0.314. The first-order valence-corrected chi connectivity index (χ1v) is 4.62. The molecule has 0 fully saturated rings. The Bertz CT molecular complexity index is 303. The van der Waals surface area contributed by atoms with Gasteiger partial charge in [-0.25, -0.2) is 4.98 Å². The monoisotopic (exact) mass is 243 g/mol. The molecule has 0 atom stereocenters. The second kappa shape index (κ2) is 4.81. The van der Waals surface area contributed by atoms with E-state index in [0.29, 0.717) is 13.0 Å². The Morgan fingerprint density at radius 2 is 2.38 bits per heavy atom. The van der Waals surface area contributed by atoms with Gasteiger partial charge < -0.3 is 11.1 Å². The molecule has 1 aromatic heterocycles. The van der Waals surface area contributed by atoms with Crippen LogP contribution in [0.2, 0.25) is 0 Å². The van der Waals surface area contributed by atoms with Gasteiger partial charge in [0.25, 0.3) is 0 Å². The van der Waals surface area contributed by atoms with Gasteiger partial charge in [0.2, 0.25) is 5.91 Å². The van der Waals surface area contributed by atoms with Gasteiger partial charge >= 0.3 is 0 Å².